The van der Waals surface area contributed by atoms with Gasteiger partial charge in [0.1, 0.15) is 11.6 Å². The van der Waals surface area contributed by atoms with Crippen molar-refractivity contribution in [3.63, 3.8) is 0 Å². The average Bonchev–Trinajstić information content (AvgIpc) is 2.33. The second-order valence-electron chi connectivity index (χ2n) is 4.31. The van der Waals surface area contributed by atoms with Gasteiger partial charge in [-0.3, -0.25) is 0 Å². The molecule has 0 fully saturated rings. The van der Waals surface area contributed by atoms with Crippen LogP contribution in [0, 0.1) is 18.6 Å². The van der Waals surface area contributed by atoms with Crippen molar-refractivity contribution in [1.82, 2.24) is 5.32 Å². The molecule has 2 nitrogen and oxygen atoms in total. The number of hydrogen-bond acceptors (Lipinski definition) is 2. The highest BCUT2D eigenvalue weighted by atomic mass is 19.1. The maximum Gasteiger partial charge on any atom is 0.131 e. The summed E-state index contributed by atoms with van der Waals surface area (Å²) in [4.78, 5) is 0. The fourth-order valence-corrected chi connectivity index (χ4v) is 1.80. The summed E-state index contributed by atoms with van der Waals surface area (Å²) in [5, 5.41) is 3.16. The van der Waals surface area contributed by atoms with E-state index in [4.69, 9.17) is 4.74 Å². The number of ether oxygens (including phenoxy) is 1. The van der Waals surface area contributed by atoms with E-state index in [0.717, 1.165) is 12.5 Å². The zero-order valence-electron chi connectivity index (χ0n) is 11.2. The summed E-state index contributed by atoms with van der Waals surface area (Å²) in [5.74, 6) is -1.04. The largest absolute Gasteiger partial charge is 0.379 e. The summed E-state index contributed by atoms with van der Waals surface area (Å²) in [5.41, 5.74) is 0.914. The van der Waals surface area contributed by atoms with E-state index in [1.807, 2.05) is 13.8 Å². The zero-order valence-corrected chi connectivity index (χ0v) is 11.2. The van der Waals surface area contributed by atoms with E-state index in [1.54, 1.807) is 13.0 Å². The predicted octanol–water partition coefficient (Wildman–Crippen LogP) is 3.35. The molecule has 1 unspecified atom stereocenters. The summed E-state index contributed by atoms with van der Waals surface area (Å²) in [7, 11) is 0. The fourth-order valence-electron chi connectivity index (χ4n) is 1.80. The maximum atomic E-state index is 13.8. The van der Waals surface area contributed by atoms with Crippen molar-refractivity contribution in [2.45, 2.75) is 33.2 Å². The second-order valence-corrected chi connectivity index (χ2v) is 4.31. The summed E-state index contributed by atoms with van der Waals surface area (Å²) in [6.07, 6.45) is 0.920. The smallest absolute Gasteiger partial charge is 0.131 e. The van der Waals surface area contributed by atoms with Gasteiger partial charge in [0, 0.05) is 18.2 Å². The van der Waals surface area contributed by atoms with E-state index < -0.39 is 11.6 Å². The number of nitrogens with one attached hydrogen (secondary N) is 1. The van der Waals surface area contributed by atoms with Crippen LogP contribution in [0.5, 0.6) is 0 Å². The van der Waals surface area contributed by atoms with Gasteiger partial charge in [-0.2, -0.15) is 0 Å². The van der Waals surface area contributed by atoms with E-state index in [9.17, 15) is 8.78 Å². The quantitative estimate of drug-likeness (QED) is 0.756. The lowest BCUT2D eigenvalue weighted by molar-refractivity contribution is 0.111. The van der Waals surface area contributed by atoms with Crippen LogP contribution in [-0.4, -0.2) is 19.8 Å². The molecule has 0 radical (unpaired) electrons. The SMILES string of the molecule is CCCOCC(NCC)c1cc(C)c(F)cc1F. The van der Waals surface area contributed by atoms with Gasteiger partial charge in [-0.25, -0.2) is 8.78 Å². The molecule has 1 aromatic carbocycles. The van der Waals surface area contributed by atoms with E-state index in [1.165, 1.54) is 0 Å². The number of benzene rings is 1. The normalized spacial score (nSPS) is 12.7. The Labute approximate surface area is 107 Å². The van der Waals surface area contributed by atoms with E-state index in [2.05, 4.69) is 5.32 Å². The van der Waals surface area contributed by atoms with Gasteiger partial charge in [-0.1, -0.05) is 13.8 Å². The molecule has 4 heteroatoms. The van der Waals surface area contributed by atoms with Crippen LogP contribution in [0.1, 0.15) is 37.4 Å². The van der Waals surface area contributed by atoms with Crippen molar-refractivity contribution in [3.8, 4) is 0 Å². The Kier molecular flexibility index (Phi) is 6.22. The first kappa shape index (κ1) is 15.1. The number of aryl methyl sites for hydroxylation is 1. The van der Waals surface area contributed by atoms with Crippen molar-refractivity contribution in [2.75, 3.05) is 19.8 Å². The lowest BCUT2D eigenvalue weighted by Crippen LogP contribution is -2.26. The van der Waals surface area contributed by atoms with Crippen LogP contribution < -0.4 is 5.32 Å². The van der Waals surface area contributed by atoms with Crippen LogP contribution in [0.3, 0.4) is 0 Å². The summed E-state index contributed by atoms with van der Waals surface area (Å²) in [6, 6.07) is 2.25. The Morgan fingerprint density at radius 3 is 2.56 bits per heavy atom. The highest BCUT2D eigenvalue weighted by Crippen LogP contribution is 2.21. The van der Waals surface area contributed by atoms with Crippen LogP contribution in [-0.2, 0) is 4.74 Å². The third-order valence-electron chi connectivity index (χ3n) is 2.74. The molecule has 0 aliphatic rings. The predicted molar refractivity (Wildman–Crippen MR) is 68.6 cm³/mol. The van der Waals surface area contributed by atoms with Crippen LogP contribution in [0.4, 0.5) is 8.78 Å². The molecule has 0 aromatic heterocycles. The van der Waals surface area contributed by atoms with Gasteiger partial charge in [0.05, 0.1) is 12.6 Å². The summed E-state index contributed by atoms with van der Waals surface area (Å²) < 4.78 is 32.5. The molecule has 0 amide bonds. The molecule has 0 aliphatic carbocycles. The molecule has 0 heterocycles. The minimum atomic E-state index is -0.524. The maximum absolute atomic E-state index is 13.8. The monoisotopic (exact) mass is 257 g/mol. The average molecular weight is 257 g/mol. The molecular formula is C14H21F2NO. The van der Waals surface area contributed by atoms with Gasteiger partial charge in [-0.05, 0) is 31.5 Å². The fraction of sp³-hybridized carbons (Fsp3) is 0.571. The molecule has 1 atom stereocenters. The number of halogens is 2. The van der Waals surface area contributed by atoms with Crippen molar-refractivity contribution in [3.05, 3.63) is 34.9 Å². The highest BCUT2D eigenvalue weighted by molar-refractivity contribution is 5.28. The van der Waals surface area contributed by atoms with Crippen molar-refractivity contribution in [1.29, 1.82) is 0 Å². The standard InChI is InChI=1S/C14H21F2NO/c1-4-6-18-9-14(17-5-2)11-7-10(3)12(15)8-13(11)16/h7-8,14,17H,4-6,9H2,1-3H3. The molecule has 0 bridgehead atoms. The second kappa shape index (κ2) is 7.44. The Balaban J connectivity index is 2.87. The molecular weight excluding hydrogens is 236 g/mol. The van der Waals surface area contributed by atoms with Gasteiger partial charge in [0.2, 0.25) is 0 Å². The number of rotatable bonds is 7. The van der Waals surface area contributed by atoms with E-state index >= 15 is 0 Å². The molecule has 18 heavy (non-hydrogen) atoms. The molecule has 1 N–H and O–H groups in total. The molecule has 1 rings (SSSR count). The van der Waals surface area contributed by atoms with Gasteiger partial charge in [0.15, 0.2) is 0 Å². The molecule has 0 aliphatic heterocycles. The van der Waals surface area contributed by atoms with E-state index in [0.29, 0.717) is 30.9 Å². The van der Waals surface area contributed by atoms with Crippen molar-refractivity contribution >= 4 is 0 Å². The van der Waals surface area contributed by atoms with Crippen LogP contribution in [0.2, 0.25) is 0 Å². The van der Waals surface area contributed by atoms with Crippen molar-refractivity contribution in [2.24, 2.45) is 0 Å². The lowest BCUT2D eigenvalue weighted by atomic mass is 10.0. The highest BCUT2D eigenvalue weighted by Gasteiger charge is 2.17. The van der Waals surface area contributed by atoms with Gasteiger partial charge in [0.25, 0.3) is 0 Å². The molecule has 1 aromatic rings. The van der Waals surface area contributed by atoms with Crippen LogP contribution in [0.15, 0.2) is 12.1 Å². The van der Waals surface area contributed by atoms with E-state index in [-0.39, 0.29) is 6.04 Å². The Hall–Kier alpha value is -1.00. The summed E-state index contributed by atoms with van der Waals surface area (Å²) >= 11 is 0. The van der Waals surface area contributed by atoms with Gasteiger partial charge < -0.3 is 10.1 Å². The minimum absolute atomic E-state index is 0.235. The molecule has 0 spiro atoms. The Morgan fingerprint density at radius 1 is 1.22 bits per heavy atom. The first-order chi connectivity index (χ1) is 8.60. The zero-order chi connectivity index (χ0) is 13.5. The molecule has 0 saturated heterocycles. The Bertz CT molecular complexity index is 382. The van der Waals surface area contributed by atoms with Gasteiger partial charge in [-0.15, -0.1) is 0 Å². The molecule has 102 valence electrons. The third kappa shape index (κ3) is 4.03. The lowest BCUT2D eigenvalue weighted by Gasteiger charge is -2.19. The number of hydrogen-bond donors (Lipinski definition) is 1. The first-order valence-corrected chi connectivity index (χ1v) is 6.36. The topological polar surface area (TPSA) is 21.3 Å². The van der Waals surface area contributed by atoms with Crippen molar-refractivity contribution < 1.29 is 13.5 Å². The molecule has 0 saturated carbocycles. The number of likely N-dealkylation sites (N-methyl/N-ethyl adjacent to an activating group) is 1. The summed E-state index contributed by atoms with van der Waals surface area (Å²) in [6.45, 7) is 7.34. The van der Waals surface area contributed by atoms with Crippen LogP contribution >= 0.6 is 0 Å². The first-order valence-electron chi connectivity index (χ1n) is 6.36. The minimum Gasteiger partial charge on any atom is -0.379 e. The third-order valence-corrected chi connectivity index (χ3v) is 2.74. The van der Waals surface area contributed by atoms with Gasteiger partial charge >= 0.3 is 0 Å². The Morgan fingerprint density at radius 2 is 1.94 bits per heavy atom. The van der Waals surface area contributed by atoms with Crippen LogP contribution in [0.25, 0.3) is 0 Å².